The van der Waals surface area contributed by atoms with Crippen LogP contribution in [0.25, 0.3) is 11.4 Å². The van der Waals surface area contributed by atoms with Crippen molar-refractivity contribution < 1.29 is 14.7 Å². The van der Waals surface area contributed by atoms with Crippen LogP contribution in [0.1, 0.15) is 30.5 Å². The zero-order valence-corrected chi connectivity index (χ0v) is 13.6. The van der Waals surface area contributed by atoms with E-state index in [4.69, 9.17) is 5.11 Å². The van der Waals surface area contributed by atoms with Gasteiger partial charge in [0.1, 0.15) is 4.88 Å². The fourth-order valence-corrected chi connectivity index (χ4v) is 3.12. The Kier molecular flexibility index (Phi) is 4.39. The normalized spacial score (nSPS) is 10.5. The van der Waals surface area contributed by atoms with Gasteiger partial charge in [0.2, 0.25) is 0 Å². The number of aromatic nitrogens is 3. The number of aromatic carboxylic acids is 1. The van der Waals surface area contributed by atoms with Crippen LogP contribution in [0.5, 0.6) is 0 Å². The Bertz CT molecular complexity index is 886. The number of rotatable bonds is 5. The first-order valence-electron chi connectivity index (χ1n) is 7.12. The van der Waals surface area contributed by atoms with Gasteiger partial charge in [0.05, 0.1) is 23.1 Å². The van der Waals surface area contributed by atoms with Crippen molar-refractivity contribution in [1.82, 2.24) is 20.5 Å². The molecule has 3 heterocycles. The van der Waals surface area contributed by atoms with Gasteiger partial charge in [0.15, 0.2) is 0 Å². The number of aryl methyl sites for hydroxylation is 1. The molecule has 0 fully saturated rings. The Morgan fingerprint density at radius 1 is 1.38 bits per heavy atom. The largest absolute Gasteiger partial charge is 0.477 e. The number of carboxylic acids is 1. The third kappa shape index (κ3) is 3.18. The van der Waals surface area contributed by atoms with E-state index in [9.17, 15) is 9.59 Å². The number of carbonyl (C=O) groups is 2. The van der Waals surface area contributed by atoms with E-state index in [0.717, 1.165) is 10.4 Å². The van der Waals surface area contributed by atoms with Gasteiger partial charge in [-0.3, -0.25) is 14.9 Å². The fourth-order valence-electron chi connectivity index (χ4n) is 2.24. The second-order valence-electron chi connectivity index (χ2n) is 5.05. The molecule has 0 saturated carbocycles. The maximum atomic E-state index is 12.4. The average Bonchev–Trinajstić information content (AvgIpc) is 3.20. The average molecular weight is 342 g/mol. The monoisotopic (exact) mass is 342 g/mol. The summed E-state index contributed by atoms with van der Waals surface area (Å²) in [5.74, 6) is -1.26. The van der Waals surface area contributed by atoms with Gasteiger partial charge in [0, 0.05) is 17.6 Å². The summed E-state index contributed by atoms with van der Waals surface area (Å²) in [5, 5.41) is 18.5. The lowest BCUT2D eigenvalue weighted by atomic mass is 10.1. The van der Waals surface area contributed by atoms with Crippen LogP contribution in [-0.4, -0.2) is 32.2 Å². The van der Waals surface area contributed by atoms with Crippen molar-refractivity contribution in [3.63, 3.8) is 0 Å². The van der Waals surface area contributed by atoms with E-state index in [2.05, 4.69) is 20.5 Å². The molecule has 0 aromatic carbocycles. The number of nitrogens with one attached hydrogen (secondary N) is 2. The fraction of sp³-hybridized carbons (Fsp3) is 0.125. The molecule has 0 aliphatic heterocycles. The van der Waals surface area contributed by atoms with Crippen molar-refractivity contribution in [2.45, 2.75) is 13.5 Å². The maximum absolute atomic E-state index is 12.4. The number of hydrogen-bond acceptors (Lipinski definition) is 5. The molecule has 1 amide bonds. The molecule has 0 aliphatic carbocycles. The lowest BCUT2D eigenvalue weighted by Gasteiger charge is -2.05. The number of H-pyrrole nitrogens is 1. The van der Waals surface area contributed by atoms with E-state index in [1.807, 2.05) is 13.0 Å². The van der Waals surface area contributed by atoms with Crippen LogP contribution in [0.15, 0.2) is 36.7 Å². The predicted molar refractivity (Wildman–Crippen MR) is 89.0 cm³/mol. The highest BCUT2D eigenvalue weighted by atomic mass is 32.1. The van der Waals surface area contributed by atoms with E-state index in [-0.39, 0.29) is 17.3 Å². The van der Waals surface area contributed by atoms with Gasteiger partial charge >= 0.3 is 5.97 Å². The zero-order chi connectivity index (χ0) is 17.1. The molecule has 0 atom stereocenters. The highest BCUT2D eigenvalue weighted by molar-refractivity contribution is 7.14. The lowest BCUT2D eigenvalue weighted by molar-refractivity contribution is 0.0702. The quantitative estimate of drug-likeness (QED) is 0.660. The molecule has 0 radical (unpaired) electrons. The van der Waals surface area contributed by atoms with Crippen molar-refractivity contribution in [2.24, 2.45) is 0 Å². The van der Waals surface area contributed by atoms with Gasteiger partial charge in [-0.2, -0.15) is 5.10 Å². The van der Waals surface area contributed by atoms with E-state index < -0.39 is 5.97 Å². The minimum absolute atomic E-state index is 0.251. The molecule has 7 nitrogen and oxygen atoms in total. The minimum atomic E-state index is -0.965. The van der Waals surface area contributed by atoms with Crippen LogP contribution in [0.3, 0.4) is 0 Å². The van der Waals surface area contributed by atoms with Gasteiger partial charge in [-0.05, 0) is 30.7 Å². The maximum Gasteiger partial charge on any atom is 0.345 e. The molecule has 0 spiro atoms. The Balaban J connectivity index is 1.75. The number of amides is 1. The zero-order valence-electron chi connectivity index (χ0n) is 12.7. The summed E-state index contributed by atoms with van der Waals surface area (Å²) < 4.78 is 0. The van der Waals surface area contributed by atoms with E-state index in [0.29, 0.717) is 17.0 Å². The number of pyridine rings is 1. The molecule has 24 heavy (non-hydrogen) atoms. The first-order valence-corrected chi connectivity index (χ1v) is 7.93. The molecule has 0 bridgehead atoms. The standard InChI is InChI=1S/C16H14N4O3S/c1-9-10(6-13(24-9)16(22)23)7-18-15(21)11-8-19-20-14(11)12-4-2-3-5-17-12/h2-6,8H,7H2,1H3,(H,18,21)(H,19,20)(H,22,23). The van der Waals surface area contributed by atoms with Crippen LogP contribution in [0.2, 0.25) is 0 Å². The summed E-state index contributed by atoms with van der Waals surface area (Å²) in [5.41, 5.74) is 2.34. The summed E-state index contributed by atoms with van der Waals surface area (Å²) in [6, 6.07) is 6.98. The highest BCUT2D eigenvalue weighted by Crippen LogP contribution is 2.22. The third-order valence-electron chi connectivity index (χ3n) is 3.48. The summed E-state index contributed by atoms with van der Waals surface area (Å²) in [6.07, 6.45) is 3.09. The summed E-state index contributed by atoms with van der Waals surface area (Å²) >= 11 is 1.19. The predicted octanol–water partition coefficient (Wildman–Crippen LogP) is 2.47. The van der Waals surface area contributed by atoms with Crippen LogP contribution < -0.4 is 5.32 Å². The molecule has 3 rings (SSSR count). The van der Waals surface area contributed by atoms with Crippen LogP contribution >= 0.6 is 11.3 Å². The number of hydrogen-bond donors (Lipinski definition) is 3. The molecular formula is C16H14N4O3S. The molecule has 8 heteroatoms. The number of carbonyl (C=O) groups excluding carboxylic acids is 1. The summed E-state index contributed by atoms with van der Waals surface area (Å²) in [4.78, 5) is 28.7. The number of aromatic amines is 1. The van der Waals surface area contributed by atoms with Crippen LogP contribution in [0.4, 0.5) is 0 Å². The molecule has 0 unspecified atom stereocenters. The molecule has 3 aromatic rings. The Labute approximate surface area is 141 Å². The third-order valence-corrected chi connectivity index (χ3v) is 4.56. The Morgan fingerprint density at radius 2 is 2.21 bits per heavy atom. The van der Waals surface area contributed by atoms with Crippen molar-refractivity contribution in [1.29, 1.82) is 0 Å². The Hall–Kier alpha value is -3.00. The minimum Gasteiger partial charge on any atom is -0.477 e. The SMILES string of the molecule is Cc1sc(C(=O)O)cc1CNC(=O)c1cn[nH]c1-c1ccccn1. The van der Waals surface area contributed by atoms with Gasteiger partial charge in [0.25, 0.3) is 5.91 Å². The van der Waals surface area contributed by atoms with Gasteiger partial charge in [-0.15, -0.1) is 11.3 Å². The molecule has 0 saturated heterocycles. The molecular weight excluding hydrogens is 328 g/mol. The summed E-state index contributed by atoms with van der Waals surface area (Å²) in [7, 11) is 0. The molecule has 3 N–H and O–H groups in total. The first-order chi connectivity index (χ1) is 11.6. The second kappa shape index (κ2) is 6.63. The molecule has 3 aromatic heterocycles. The highest BCUT2D eigenvalue weighted by Gasteiger charge is 2.17. The second-order valence-corrected chi connectivity index (χ2v) is 6.31. The van der Waals surface area contributed by atoms with Gasteiger partial charge < -0.3 is 10.4 Å². The van der Waals surface area contributed by atoms with Crippen molar-refractivity contribution in [3.05, 3.63) is 57.5 Å². The number of nitrogens with zero attached hydrogens (tertiary/aromatic N) is 2. The van der Waals surface area contributed by atoms with Crippen LogP contribution in [0, 0.1) is 6.92 Å². The van der Waals surface area contributed by atoms with Crippen molar-refractivity contribution in [3.8, 4) is 11.4 Å². The van der Waals surface area contributed by atoms with Crippen LogP contribution in [-0.2, 0) is 6.54 Å². The van der Waals surface area contributed by atoms with Crippen molar-refractivity contribution >= 4 is 23.2 Å². The Morgan fingerprint density at radius 3 is 2.88 bits per heavy atom. The summed E-state index contributed by atoms with van der Waals surface area (Å²) in [6.45, 7) is 2.08. The number of thiophene rings is 1. The molecule has 0 aliphatic rings. The topological polar surface area (TPSA) is 108 Å². The van der Waals surface area contributed by atoms with E-state index >= 15 is 0 Å². The first kappa shape index (κ1) is 15.9. The van der Waals surface area contributed by atoms with E-state index in [1.165, 1.54) is 17.5 Å². The molecule has 122 valence electrons. The van der Waals surface area contributed by atoms with Crippen molar-refractivity contribution in [2.75, 3.05) is 0 Å². The smallest absolute Gasteiger partial charge is 0.345 e. The number of carboxylic acid groups (broad SMARTS) is 1. The lowest BCUT2D eigenvalue weighted by Crippen LogP contribution is -2.23. The van der Waals surface area contributed by atoms with Gasteiger partial charge in [-0.1, -0.05) is 6.07 Å². The van der Waals surface area contributed by atoms with Gasteiger partial charge in [-0.25, -0.2) is 4.79 Å². The van der Waals surface area contributed by atoms with E-state index in [1.54, 1.807) is 24.4 Å².